The Morgan fingerprint density at radius 2 is 1.90 bits per heavy atom. The van der Waals surface area contributed by atoms with E-state index < -0.39 is 0 Å². The lowest BCUT2D eigenvalue weighted by atomic mass is 9.90. The molecule has 1 aromatic carbocycles. The van der Waals surface area contributed by atoms with Gasteiger partial charge in [-0.3, -0.25) is 9.59 Å². The molecule has 0 saturated carbocycles. The molecule has 1 atom stereocenters. The van der Waals surface area contributed by atoms with Gasteiger partial charge in [0, 0.05) is 18.7 Å². The van der Waals surface area contributed by atoms with E-state index in [0.29, 0.717) is 18.5 Å². The molecule has 1 aromatic rings. The molecule has 2 rings (SSSR count). The van der Waals surface area contributed by atoms with Crippen molar-refractivity contribution >= 4 is 24.1 Å². The zero-order valence-electron chi connectivity index (χ0n) is 12.6. The summed E-state index contributed by atoms with van der Waals surface area (Å²) in [6, 6.07) is 7.26. The van der Waals surface area contributed by atoms with E-state index >= 15 is 0 Å². The third-order valence-electron chi connectivity index (χ3n) is 4.12. The lowest BCUT2D eigenvalue weighted by molar-refractivity contribution is -0.129. The Labute approximate surface area is 132 Å². The zero-order chi connectivity index (χ0) is 14.8. The van der Waals surface area contributed by atoms with Gasteiger partial charge in [-0.05, 0) is 30.9 Å². The van der Waals surface area contributed by atoms with Crippen molar-refractivity contribution in [1.82, 2.24) is 4.90 Å². The lowest BCUT2D eigenvalue weighted by Gasteiger charge is -2.22. The van der Waals surface area contributed by atoms with Crippen molar-refractivity contribution < 1.29 is 9.59 Å². The molecule has 1 unspecified atom stereocenters. The average Bonchev–Trinajstić information content (AvgIpc) is 2.83. The molecule has 1 aliphatic rings. The first kappa shape index (κ1) is 17.7. The quantitative estimate of drug-likeness (QED) is 0.866. The summed E-state index contributed by atoms with van der Waals surface area (Å²) >= 11 is 0. The fraction of sp³-hybridized carbons (Fsp3) is 0.500. The number of hydrogen-bond acceptors (Lipinski definition) is 3. The highest BCUT2D eigenvalue weighted by atomic mass is 35.5. The Balaban J connectivity index is 0.00000220. The van der Waals surface area contributed by atoms with Gasteiger partial charge in [0.15, 0.2) is 5.78 Å². The number of hydrogen-bond donors (Lipinski definition) is 1. The summed E-state index contributed by atoms with van der Waals surface area (Å²) < 4.78 is 0. The van der Waals surface area contributed by atoms with Crippen LogP contribution in [-0.2, 0) is 11.2 Å². The number of Topliss-reactive ketones (excluding diaryl/α,β-unsaturated/α-hetero) is 1. The minimum atomic E-state index is 0. The minimum absolute atomic E-state index is 0. The summed E-state index contributed by atoms with van der Waals surface area (Å²) in [4.78, 5) is 25.4. The molecular formula is C16H23ClN2O2. The second kappa shape index (κ2) is 7.05. The Kier molecular flexibility index (Phi) is 5.93. The predicted octanol–water partition coefficient (Wildman–Crippen LogP) is 2.05. The van der Waals surface area contributed by atoms with Crippen LogP contribution in [0.15, 0.2) is 24.3 Å². The molecule has 2 N–H and O–H groups in total. The largest absolute Gasteiger partial charge is 0.342 e. The fourth-order valence-corrected chi connectivity index (χ4v) is 2.55. The van der Waals surface area contributed by atoms with E-state index in [9.17, 15) is 9.59 Å². The second-order valence-corrected chi connectivity index (χ2v) is 6.01. The number of benzene rings is 1. The van der Waals surface area contributed by atoms with Gasteiger partial charge in [0.25, 0.3) is 0 Å². The van der Waals surface area contributed by atoms with Crippen molar-refractivity contribution in [2.24, 2.45) is 11.1 Å². The molecule has 1 amide bonds. The molecule has 1 aliphatic heterocycles. The molecule has 4 nitrogen and oxygen atoms in total. The maximum absolute atomic E-state index is 12.3. The van der Waals surface area contributed by atoms with E-state index in [0.717, 1.165) is 25.1 Å². The number of carbonyl (C=O) groups excluding carboxylic acids is 2. The first-order valence-corrected chi connectivity index (χ1v) is 7.01. The number of likely N-dealkylation sites (tertiary alicyclic amines) is 1. The summed E-state index contributed by atoms with van der Waals surface area (Å²) in [5.74, 6) is 0.180. The molecule has 1 heterocycles. The number of ketones is 1. The third-order valence-corrected chi connectivity index (χ3v) is 4.12. The predicted molar refractivity (Wildman–Crippen MR) is 85.8 cm³/mol. The topological polar surface area (TPSA) is 63.4 Å². The lowest BCUT2D eigenvalue weighted by Crippen LogP contribution is -2.35. The fourth-order valence-electron chi connectivity index (χ4n) is 2.55. The van der Waals surface area contributed by atoms with Crippen LogP contribution in [0.1, 0.15) is 36.2 Å². The number of halogens is 1. The number of rotatable bonds is 4. The molecule has 1 fully saturated rings. The van der Waals surface area contributed by atoms with Crippen LogP contribution < -0.4 is 5.73 Å². The zero-order valence-corrected chi connectivity index (χ0v) is 13.4. The van der Waals surface area contributed by atoms with Crippen molar-refractivity contribution in [2.75, 3.05) is 19.6 Å². The Morgan fingerprint density at radius 1 is 1.29 bits per heavy atom. The van der Waals surface area contributed by atoms with E-state index in [4.69, 9.17) is 5.73 Å². The Hall–Kier alpha value is -1.39. The van der Waals surface area contributed by atoms with Crippen molar-refractivity contribution in [1.29, 1.82) is 0 Å². The highest BCUT2D eigenvalue weighted by Gasteiger charge is 2.34. The Morgan fingerprint density at radius 3 is 2.38 bits per heavy atom. The SMILES string of the molecule is CC(=O)c1ccc(CC(=O)N2CCC(C)(CN)C2)cc1.Cl. The average molecular weight is 311 g/mol. The van der Waals surface area contributed by atoms with Crippen LogP contribution in [0, 0.1) is 5.41 Å². The summed E-state index contributed by atoms with van der Waals surface area (Å²) in [7, 11) is 0. The van der Waals surface area contributed by atoms with Crippen molar-refractivity contribution in [3.05, 3.63) is 35.4 Å². The summed E-state index contributed by atoms with van der Waals surface area (Å²) in [5.41, 5.74) is 7.45. The van der Waals surface area contributed by atoms with Gasteiger partial charge in [-0.2, -0.15) is 0 Å². The second-order valence-electron chi connectivity index (χ2n) is 6.01. The van der Waals surface area contributed by atoms with Crippen LogP contribution in [0.2, 0.25) is 0 Å². The Bertz CT molecular complexity index is 516. The molecule has 0 aliphatic carbocycles. The molecule has 0 bridgehead atoms. The highest BCUT2D eigenvalue weighted by molar-refractivity contribution is 5.94. The molecule has 1 saturated heterocycles. The van der Waals surface area contributed by atoms with Crippen molar-refractivity contribution in [3.63, 3.8) is 0 Å². The molecular weight excluding hydrogens is 288 g/mol. The first-order chi connectivity index (χ1) is 9.43. The van der Waals surface area contributed by atoms with Crippen LogP contribution in [0.4, 0.5) is 0 Å². The van der Waals surface area contributed by atoms with Crippen LogP contribution in [0.25, 0.3) is 0 Å². The van der Waals surface area contributed by atoms with Gasteiger partial charge < -0.3 is 10.6 Å². The highest BCUT2D eigenvalue weighted by Crippen LogP contribution is 2.28. The molecule has 0 aromatic heterocycles. The number of carbonyl (C=O) groups is 2. The normalized spacial score (nSPS) is 21.0. The first-order valence-electron chi connectivity index (χ1n) is 7.01. The van der Waals surface area contributed by atoms with E-state index in [1.54, 1.807) is 12.1 Å². The van der Waals surface area contributed by atoms with E-state index in [1.165, 1.54) is 6.92 Å². The summed E-state index contributed by atoms with van der Waals surface area (Å²) in [6.07, 6.45) is 1.36. The van der Waals surface area contributed by atoms with Gasteiger partial charge in [-0.15, -0.1) is 12.4 Å². The summed E-state index contributed by atoms with van der Waals surface area (Å²) in [6.45, 7) is 5.82. The van der Waals surface area contributed by atoms with Crippen LogP contribution >= 0.6 is 12.4 Å². The van der Waals surface area contributed by atoms with Gasteiger partial charge in [0.2, 0.25) is 5.91 Å². The molecule has 5 heteroatoms. The minimum Gasteiger partial charge on any atom is -0.342 e. The number of nitrogens with two attached hydrogens (primary N) is 1. The van der Waals surface area contributed by atoms with Gasteiger partial charge >= 0.3 is 0 Å². The molecule has 116 valence electrons. The van der Waals surface area contributed by atoms with E-state index in [1.807, 2.05) is 17.0 Å². The monoisotopic (exact) mass is 310 g/mol. The van der Waals surface area contributed by atoms with Gasteiger partial charge in [-0.1, -0.05) is 31.2 Å². The maximum atomic E-state index is 12.3. The van der Waals surface area contributed by atoms with Crippen molar-refractivity contribution in [2.45, 2.75) is 26.7 Å². The van der Waals surface area contributed by atoms with Gasteiger partial charge in [-0.25, -0.2) is 0 Å². The number of nitrogens with zero attached hydrogens (tertiary/aromatic N) is 1. The van der Waals surface area contributed by atoms with Gasteiger partial charge in [0.1, 0.15) is 0 Å². The van der Waals surface area contributed by atoms with E-state index in [2.05, 4.69) is 6.92 Å². The number of amides is 1. The molecule has 0 radical (unpaired) electrons. The third kappa shape index (κ3) is 4.29. The smallest absolute Gasteiger partial charge is 0.227 e. The molecule has 0 spiro atoms. The standard InChI is InChI=1S/C16H22N2O2.ClH/c1-12(19)14-5-3-13(4-6-14)9-15(20)18-8-7-16(2,10-17)11-18;/h3-6H,7-11,17H2,1-2H3;1H. The van der Waals surface area contributed by atoms with Gasteiger partial charge in [0.05, 0.1) is 6.42 Å². The maximum Gasteiger partial charge on any atom is 0.227 e. The van der Waals surface area contributed by atoms with E-state index in [-0.39, 0.29) is 29.5 Å². The molecule has 21 heavy (non-hydrogen) atoms. The van der Waals surface area contributed by atoms with Crippen LogP contribution in [0.5, 0.6) is 0 Å². The van der Waals surface area contributed by atoms with Crippen LogP contribution in [0.3, 0.4) is 0 Å². The van der Waals surface area contributed by atoms with Crippen LogP contribution in [-0.4, -0.2) is 36.2 Å². The van der Waals surface area contributed by atoms with Crippen molar-refractivity contribution in [3.8, 4) is 0 Å². The summed E-state index contributed by atoms with van der Waals surface area (Å²) in [5, 5.41) is 0.